The normalized spacial score (nSPS) is 12.0. The number of nitrogens with one attached hydrogen (secondary N) is 2. The molecule has 2 amide bonds. The minimum Gasteiger partial charge on any atom is -0.331 e. The summed E-state index contributed by atoms with van der Waals surface area (Å²) >= 11 is 0. The zero-order chi connectivity index (χ0) is 11.4. The predicted octanol–water partition coefficient (Wildman–Crippen LogP) is 1.37. The molecule has 0 saturated carbocycles. The van der Waals surface area contributed by atoms with Gasteiger partial charge in [-0.3, -0.25) is 5.43 Å². The van der Waals surface area contributed by atoms with Gasteiger partial charge in [0.15, 0.2) is 0 Å². The number of carbonyl (C=O) groups excluding carboxylic acids is 1. The number of carbonyl (C=O) groups is 1. The SMILES string of the molecule is Cc1ccc(C(C)NC(=O)NN)cc1F. The van der Waals surface area contributed by atoms with E-state index in [1.165, 1.54) is 6.07 Å². The Morgan fingerprint density at radius 3 is 2.73 bits per heavy atom. The molecule has 0 saturated heterocycles. The Morgan fingerprint density at radius 1 is 1.53 bits per heavy atom. The molecule has 0 aliphatic heterocycles. The summed E-state index contributed by atoms with van der Waals surface area (Å²) in [5.41, 5.74) is 3.22. The van der Waals surface area contributed by atoms with Gasteiger partial charge in [-0.15, -0.1) is 0 Å². The van der Waals surface area contributed by atoms with Gasteiger partial charge in [-0.1, -0.05) is 12.1 Å². The van der Waals surface area contributed by atoms with Gasteiger partial charge in [0.05, 0.1) is 6.04 Å². The Kier molecular flexibility index (Phi) is 3.62. The van der Waals surface area contributed by atoms with E-state index in [1.807, 2.05) is 5.43 Å². The number of hydrazine groups is 1. The quantitative estimate of drug-likeness (QED) is 0.393. The van der Waals surface area contributed by atoms with E-state index < -0.39 is 6.03 Å². The largest absolute Gasteiger partial charge is 0.331 e. The highest BCUT2D eigenvalue weighted by molar-refractivity contribution is 5.73. The molecule has 1 rings (SSSR count). The fourth-order valence-electron chi connectivity index (χ4n) is 1.20. The highest BCUT2D eigenvalue weighted by atomic mass is 19.1. The van der Waals surface area contributed by atoms with Crippen LogP contribution in [0.5, 0.6) is 0 Å². The number of rotatable bonds is 2. The molecule has 0 heterocycles. The minimum atomic E-state index is -0.497. The van der Waals surface area contributed by atoms with Crippen LogP contribution in [0.15, 0.2) is 18.2 Å². The molecular weight excluding hydrogens is 197 g/mol. The van der Waals surface area contributed by atoms with Crippen LogP contribution in [-0.2, 0) is 0 Å². The van der Waals surface area contributed by atoms with Crippen molar-refractivity contribution in [2.45, 2.75) is 19.9 Å². The molecule has 15 heavy (non-hydrogen) atoms. The van der Waals surface area contributed by atoms with Crippen molar-refractivity contribution in [3.63, 3.8) is 0 Å². The fraction of sp³-hybridized carbons (Fsp3) is 0.300. The first kappa shape index (κ1) is 11.5. The van der Waals surface area contributed by atoms with Crippen molar-refractivity contribution in [3.8, 4) is 0 Å². The van der Waals surface area contributed by atoms with E-state index in [9.17, 15) is 9.18 Å². The first-order valence-electron chi connectivity index (χ1n) is 4.57. The van der Waals surface area contributed by atoms with E-state index in [0.29, 0.717) is 11.1 Å². The van der Waals surface area contributed by atoms with Gasteiger partial charge in [-0.05, 0) is 31.0 Å². The standard InChI is InChI=1S/C10H14FN3O/c1-6-3-4-8(5-9(6)11)7(2)13-10(15)14-12/h3-5,7H,12H2,1-2H3,(H2,13,14,15). The van der Waals surface area contributed by atoms with Crippen LogP contribution in [0.4, 0.5) is 9.18 Å². The smallest absolute Gasteiger partial charge is 0.329 e. The molecule has 0 bridgehead atoms. The van der Waals surface area contributed by atoms with Gasteiger partial charge in [0.25, 0.3) is 0 Å². The van der Waals surface area contributed by atoms with Crippen LogP contribution in [-0.4, -0.2) is 6.03 Å². The van der Waals surface area contributed by atoms with E-state index in [4.69, 9.17) is 5.84 Å². The van der Waals surface area contributed by atoms with Crippen molar-refractivity contribution in [3.05, 3.63) is 35.1 Å². The zero-order valence-corrected chi connectivity index (χ0v) is 8.67. The summed E-state index contributed by atoms with van der Waals surface area (Å²) in [6.07, 6.45) is 0. The van der Waals surface area contributed by atoms with Crippen molar-refractivity contribution in [2.75, 3.05) is 0 Å². The summed E-state index contributed by atoms with van der Waals surface area (Å²) in [4.78, 5) is 10.9. The van der Waals surface area contributed by atoms with E-state index in [0.717, 1.165) is 0 Å². The molecule has 1 aromatic carbocycles. The van der Waals surface area contributed by atoms with Gasteiger partial charge < -0.3 is 5.32 Å². The second-order valence-electron chi connectivity index (χ2n) is 3.35. The zero-order valence-electron chi connectivity index (χ0n) is 8.67. The summed E-state index contributed by atoms with van der Waals surface area (Å²) in [7, 11) is 0. The molecular formula is C10H14FN3O. The van der Waals surface area contributed by atoms with E-state index >= 15 is 0 Å². The molecule has 4 nitrogen and oxygen atoms in total. The third kappa shape index (κ3) is 2.92. The van der Waals surface area contributed by atoms with Gasteiger partial charge in [-0.25, -0.2) is 15.0 Å². The van der Waals surface area contributed by atoms with Gasteiger partial charge in [-0.2, -0.15) is 0 Å². The first-order chi connectivity index (χ1) is 7.04. The van der Waals surface area contributed by atoms with Crippen LogP contribution in [0.2, 0.25) is 0 Å². The monoisotopic (exact) mass is 211 g/mol. The molecule has 0 aromatic heterocycles. The molecule has 1 unspecified atom stereocenters. The van der Waals surface area contributed by atoms with Crippen LogP contribution < -0.4 is 16.6 Å². The molecule has 5 heteroatoms. The van der Waals surface area contributed by atoms with Crippen LogP contribution in [0.1, 0.15) is 24.1 Å². The lowest BCUT2D eigenvalue weighted by Gasteiger charge is -2.14. The summed E-state index contributed by atoms with van der Waals surface area (Å²) < 4.78 is 13.2. The highest BCUT2D eigenvalue weighted by Gasteiger charge is 2.09. The van der Waals surface area contributed by atoms with Gasteiger partial charge in [0.2, 0.25) is 0 Å². The Balaban J connectivity index is 2.78. The van der Waals surface area contributed by atoms with Crippen LogP contribution in [0.25, 0.3) is 0 Å². The molecule has 4 N–H and O–H groups in total. The number of urea groups is 1. The maximum absolute atomic E-state index is 13.2. The third-order valence-corrected chi connectivity index (χ3v) is 2.17. The van der Waals surface area contributed by atoms with Crippen molar-refractivity contribution in [1.29, 1.82) is 0 Å². The Hall–Kier alpha value is -1.62. The Bertz CT molecular complexity index is 368. The molecule has 0 aliphatic carbocycles. The van der Waals surface area contributed by atoms with Crippen LogP contribution >= 0.6 is 0 Å². The van der Waals surface area contributed by atoms with E-state index in [1.54, 1.807) is 26.0 Å². The molecule has 82 valence electrons. The summed E-state index contributed by atoms with van der Waals surface area (Å²) in [5, 5.41) is 2.55. The number of hydrogen-bond acceptors (Lipinski definition) is 2. The minimum absolute atomic E-state index is 0.283. The molecule has 1 atom stereocenters. The van der Waals surface area contributed by atoms with Gasteiger partial charge >= 0.3 is 6.03 Å². The number of amides is 2. The van der Waals surface area contributed by atoms with Crippen molar-refractivity contribution in [1.82, 2.24) is 10.7 Å². The van der Waals surface area contributed by atoms with Crippen molar-refractivity contribution >= 4 is 6.03 Å². The number of halogens is 1. The Labute approximate surface area is 87.6 Å². The lowest BCUT2D eigenvalue weighted by atomic mass is 10.1. The maximum atomic E-state index is 13.2. The number of benzene rings is 1. The average Bonchev–Trinajstić information content (AvgIpc) is 2.21. The average molecular weight is 211 g/mol. The number of nitrogens with two attached hydrogens (primary N) is 1. The highest BCUT2D eigenvalue weighted by Crippen LogP contribution is 2.15. The second-order valence-corrected chi connectivity index (χ2v) is 3.35. The van der Waals surface area contributed by atoms with E-state index in [-0.39, 0.29) is 11.9 Å². The van der Waals surface area contributed by atoms with Crippen LogP contribution in [0.3, 0.4) is 0 Å². The molecule has 0 fully saturated rings. The fourth-order valence-corrected chi connectivity index (χ4v) is 1.20. The van der Waals surface area contributed by atoms with Crippen molar-refractivity contribution < 1.29 is 9.18 Å². The summed E-state index contributed by atoms with van der Waals surface area (Å²) in [6, 6.07) is 4.05. The Morgan fingerprint density at radius 2 is 2.20 bits per heavy atom. The lowest BCUT2D eigenvalue weighted by Crippen LogP contribution is -2.40. The lowest BCUT2D eigenvalue weighted by molar-refractivity contribution is 0.238. The van der Waals surface area contributed by atoms with E-state index in [2.05, 4.69) is 5.32 Å². The predicted molar refractivity (Wildman–Crippen MR) is 55.4 cm³/mol. The molecule has 0 spiro atoms. The number of hydrogen-bond donors (Lipinski definition) is 3. The molecule has 1 aromatic rings. The topological polar surface area (TPSA) is 67.2 Å². The summed E-state index contributed by atoms with van der Waals surface area (Å²) in [6.45, 7) is 3.43. The van der Waals surface area contributed by atoms with Gasteiger partial charge in [0, 0.05) is 0 Å². The maximum Gasteiger partial charge on any atom is 0.329 e. The molecule has 0 radical (unpaired) electrons. The van der Waals surface area contributed by atoms with Gasteiger partial charge in [0.1, 0.15) is 5.82 Å². The van der Waals surface area contributed by atoms with Crippen molar-refractivity contribution in [2.24, 2.45) is 5.84 Å². The summed E-state index contributed by atoms with van der Waals surface area (Å²) in [5.74, 6) is 4.63. The second kappa shape index (κ2) is 4.75. The molecule has 0 aliphatic rings. The van der Waals surface area contributed by atoms with Crippen LogP contribution in [0, 0.1) is 12.7 Å². The third-order valence-electron chi connectivity index (χ3n) is 2.17. The first-order valence-corrected chi connectivity index (χ1v) is 4.57. The number of aryl methyl sites for hydroxylation is 1.